The van der Waals surface area contributed by atoms with Crippen LogP contribution in [0.1, 0.15) is 292 Å². The molecule has 0 aromatic rings. The lowest BCUT2D eigenvalue weighted by molar-refractivity contribution is 0.140. The van der Waals surface area contributed by atoms with Crippen molar-refractivity contribution in [1.82, 2.24) is 0 Å². The second kappa shape index (κ2) is 30.1. The molecular weight excluding hydrogens is 685 g/mol. The Kier molecular flexibility index (Phi) is 26.2. The van der Waals surface area contributed by atoms with Crippen molar-refractivity contribution in [3.63, 3.8) is 0 Å². The maximum absolute atomic E-state index is 2.35. The molecule has 6 saturated carbocycles. The minimum Gasteiger partial charge on any atom is -0.0654 e. The number of unbranched alkanes of at least 4 members (excludes halogenated alkanes) is 3. The van der Waals surface area contributed by atoms with E-state index < -0.39 is 0 Å². The molecule has 0 aromatic heterocycles. The molecule has 6 rings (SSSR count). The van der Waals surface area contributed by atoms with E-state index >= 15 is 0 Å². The summed E-state index contributed by atoms with van der Waals surface area (Å²) in [5.74, 6) is 13.2. The normalized spacial score (nSPS) is 36.3. The summed E-state index contributed by atoms with van der Waals surface area (Å²) in [6, 6.07) is 0. The van der Waals surface area contributed by atoms with Crippen molar-refractivity contribution in [3.05, 3.63) is 0 Å². The van der Waals surface area contributed by atoms with E-state index in [0.29, 0.717) is 0 Å². The molecule has 6 aliphatic rings. The molecule has 6 aliphatic carbocycles. The molecule has 57 heavy (non-hydrogen) atoms. The van der Waals surface area contributed by atoms with Gasteiger partial charge in [-0.1, -0.05) is 215 Å². The smallest absolute Gasteiger partial charge is 0.0386 e. The summed E-state index contributed by atoms with van der Waals surface area (Å²) < 4.78 is 0. The summed E-state index contributed by atoms with van der Waals surface area (Å²) in [5, 5.41) is 0. The highest BCUT2D eigenvalue weighted by Gasteiger charge is 2.33. The maximum Gasteiger partial charge on any atom is -0.0386 e. The van der Waals surface area contributed by atoms with E-state index in [9.17, 15) is 0 Å². The molecule has 0 heterocycles. The largest absolute Gasteiger partial charge is 0.0654 e. The summed E-state index contributed by atoms with van der Waals surface area (Å²) in [4.78, 5) is 0. The first kappa shape index (κ1) is 49.7. The Balaban J connectivity index is 0.000000190. The van der Waals surface area contributed by atoms with Gasteiger partial charge in [0.2, 0.25) is 0 Å². The van der Waals surface area contributed by atoms with Gasteiger partial charge < -0.3 is 0 Å². The molecule has 0 aliphatic heterocycles. The van der Waals surface area contributed by atoms with Crippen LogP contribution in [-0.2, 0) is 0 Å². The van der Waals surface area contributed by atoms with Crippen LogP contribution in [0.2, 0.25) is 0 Å². The Morgan fingerprint density at radius 1 is 0.193 bits per heavy atom. The van der Waals surface area contributed by atoms with Crippen LogP contribution >= 0.6 is 0 Å². The highest BCUT2D eigenvalue weighted by Crippen LogP contribution is 2.45. The molecular formula is C57H108. The van der Waals surface area contributed by atoms with Crippen molar-refractivity contribution in [1.29, 1.82) is 0 Å². The van der Waals surface area contributed by atoms with E-state index in [1.807, 2.05) is 0 Å². The van der Waals surface area contributed by atoms with Crippen LogP contribution in [-0.4, -0.2) is 0 Å². The van der Waals surface area contributed by atoms with Gasteiger partial charge in [0.05, 0.1) is 0 Å². The molecule has 0 atom stereocenters. The van der Waals surface area contributed by atoms with Gasteiger partial charge >= 0.3 is 0 Å². The lowest BCUT2D eigenvalue weighted by Gasteiger charge is -2.38. The van der Waals surface area contributed by atoms with E-state index in [2.05, 4.69) is 41.5 Å². The Morgan fingerprint density at radius 3 is 0.579 bits per heavy atom. The Morgan fingerprint density at radius 2 is 0.386 bits per heavy atom. The lowest BCUT2D eigenvalue weighted by Crippen LogP contribution is -2.25. The van der Waals surface area contributed by atoms with Crippen LogP contribution in [0.5, 0.6) is 0 Å². The molecule has 0 nitrogen and oxygen atoms in total. The second-order valence-electron chi connectivity index (χ2n) is 22.5. The fourth-order valence-corrected chi connectivity index (χ4v) is 14.5. The van der Waals surface area contributed by atoms with Gasteiger partial charge in [-0.25, -0.2) is 0 Å². The Bertz CT molecular complexity index is 862. The van der Waals surface area contributed by atoms with Gasteiger partial charge in [0.1, 0.15) is 0 Å². The topological polar surface area (TPSA) is 0 Å². The molecule has 0 unspecified atom stereocenters. The molecule has 0 N–H and O–H groups in total. The Labute approximate surface area is 361 Å². The Hall–Kier alpha value is 0. The zero-order valence-electron chi connectivity index (χ0n) is 40.5. The van der Waals surface area contributed by atoms with Crippen LogP contribution in [0.3, 0.4) is 0 Å². The summed E-state index contributed by atoms with van der Waals surface area (Å²) in [6.45, 7) is 14.1. The molecule has 336 valence electrons. The molecule has 0 radical (unpaired) electrons. The first-order valence-electron chi connectivity index (χ1n) is 28.0. The van der Waals surface area contributed by atoms with Crippen molar-refractivity contribution in [2.75, 3.05) is 0 Å². The third-order valence-corrected chi connectivity index (χ3v) is 18.3. The fourth-order valence-electron chi connectivity index (χ4n) is 14.5. The van der Waals surface area contributed by atoms with Crippen LogP contribution < -0.4 is 0 Å². The zero-order valence-corrected chi connectivity index (χ0v) is 40.5. The third-order valence-electron chi connectivity index (χ3n) is 18.3. The maximum atomic E-state index is 2.35. The van der Waals surface area contributed by atoms with Crippen LogP contribution in [0, 0.1) is 71.0 Å². The standard InChI is InChI=1S/C20H38.C19H36.C18H34/c1-3-5-6-8-18-11-15-20(16-12-18)19-13-9-17(7-4-2)10-14-19;1-3-5-7-17-10-14-19(15-11-17)18-12-8-16(6-4-2)9-13-18;1-3-5-15-7-11-17(12-8-15)18-13-9-16(6-4-2)10-14-18/h17-20H,3-16H2,1-2H3;16-19H,3-15H2,1-2H3;15-18H,3-14H2,1-2H3. The van der Waals surface area contributed by atoms with Gasteiger partial charge in [-0.05, 0) is 148 Å². The minimum absolute atomic E-state index is 1.08. The van der Waals surface area contributed by atoms with Crippen molar-refractivity contribution < 1.29 is 0 Å². The summed E-state index contributed by atoms with van der Waals surface area (Å²) in [7, 11) is 0. The second-order valence-corrected chi connectivity index (χ2v) is 22.5. The van der Waals surface area contributed by atoms with Crippen molar-refractivity contribution in [2.45, 2.75) is 292 Å². The van der Waals surface area contributed by atoms with E-state index in [1.165, 1.54) is 96.3 Å². The summed E-state index contributed by atoms with van der Waals surface area (Å²) >= 11 is 0. The van der Waals surface area contributed by atoms with Crippen LogP contribution in [0.25, 0.3) is 0 Å². The molecule has 0 amide bonds. The number of hydrogen-bond acceptors (Lipinski definition) is 0. The molecule has 0 heteroatoms. The number of rotatable bonds is 18. The van der Waals surface area contributed by atoms with E-state index in [0.717, 1.165) is 71.0 Å². The van der Waals surface area contributed by atoms with Gasteiger partial charge in [0, 0.05) is 0 Å². The van der Waals surface area contributed by atoms with Crippen molar-refractivity contribution in [2.24, 2.45) is 71.0 Å². The van der Waals surface area contributed by atoms with E-state index in [1.54, 1.807) is 154 Å². The highest BCUT2D eigenvalue weighted by molar-refractivity contribution is 4.84. The molecule has 6 fully saturated rings. The van der Waals surface area contributed by atoms with E-state index in [4.69, 9.17) is 0 Å². The van der Waals surface area contributed by atoms with Gasteiger partial charge in [-0.3, -0.25) is 0 Å². The first-order chi connectivity index (χ1) is 28.0. The highest BCUT2D eigenvalue weighted by atomic mass is 14.4. The van der Waals surface area contributed by atoms with E-state index in [-0.39, 0.29) is 0 Å². The zero-order chi connectivity index (χ0) is 40.5. The predicted molar refractivity (Wildman–Crippen MR) is 256 cm³/mol. The van der Waals surface area contributed by atoms with Gasteiger partial charge in [0.25, 0.3) is 0 Å². The number of hydrogen-bond donors (Lipinski definition) is 0. The van der Waals surface area contributed by atoms with Crippen LogP contribution in [0.15, 0.2) is 0 Å². The lowest BCUT2D eigenvalue weighted by atomic mass is 9.68. The van der Waals surface area contributed by atoms with Crippen molar-refractivity contribution >= 4 is 0 Å². The average molecular weight is 793 g/mol. The third kappa shape index (κ3) is 18.9. The predicted octanol–water partition coefficient (Wildman–Crippen LogP) is 19.8. The molecule has 0 bridgehead atoms. The summed E-state index contributed by atoms with van der Waals surface area (Å²) in [5.41, 5.74) is 0. The quantitative estimate of drug-likeness (QED) is 0.121. The first-order valence-corrected chi connectivity index (χ1v) is 28.0. The van der Waals surface area contributed by atoms with Crippen molar-refractivity contribution in [3.8, 4) is 0 Å². The van der Waals surface area contributed by atoms with Gasteiger partial charge in [0.15, 0.2) is 0 Å². The fraction of sp³-hybridized carbons (Fsp3) is 1.00. The molecule has 0 aromatic carbocycles. The van der Waals surface area contributed by atoms with Crippen LogP contribution in [0.4, 0.5) is 0 Å². The SMILES string of the molecule is CCCC1CCC(C2CCC(CCC)CC2)CC1.CCCCC1CCC(C2CCC(CCC)CC2)CC1.CCCCCC1CCC(C2CCC(CCC)CC2)CC1. The average Bonchev–Trinajstić information content (AvgIpc) is 3.26. The van der Waals surface area contributed by atoms with Gasteiger partial charge in [-0.15, -0.1) is 0 Å². The van der Waals surface area contributed by atoms with Gasteiger partial charge in [-0.2, -0.15) is 0 Å². The molecule has 0 spiro atoms. The molecule has 0 saturated heterocycles. The summed E-state index contributed by atoms with van der Waals surface area (Å²) in [6.07, 6.45) is 59.2. The monoisotopic (exact) mass is 793 g/mol. The minimum atomic E-state index is 1.08.